The molecule has 156 valence electrons. The Hall–Kier alpha value is -3.37. The zero-order valence-corrected chi connectivity index (χ0v) is 17.4. The van der Waals surface area contributed by atoms with Gasteiger partial charge in [0.25, 0.3) is 0 Å². The van der Waals surface area contributed by atoms with Gasteiger partial charge < -0.3 is 10.6 Å². The van der Waals surface area contributed by atoms with Gasteiger partial charge in [-0.15, -0.1) is 10.2 Å². The molecule has 10 heteroatoms. The second kappa shape index (κ2) is 9.42. The number of nitrogens with zero attached hydrogens (tertiary/aromatic N) is 3. The molecule has 0 unspecified atom stereocenters. The van der Waals surface area contributed by atoms with Crippen LogP contribution in [0.25, 0.3) is 0 Å². The molecule has 3 aromatic rings. The van der Waals surface area contributed by atoms with E-state index in [-0.39, 0.29) is 17.2 Å². The van der Waals surface area contributed by atoms with Crippen molar-refractivity contribution in [2.45, 2.75) is 18.7 Å². The number of anilines is 3. The lowest BCUT2D eigenvalue weighted by Gasteiger charge is -2.09. The maximum absolute atomic E-state index is 12.3. The number of hydrogen-bond acceptors (Lipinski definition) is 8. The normalized spacial score (nSPS) is 11.1. The summed E-state index contributed by atoms with van der Waals surface area (Å²) >= 11 is 0. The van der Waals surface area contributed by atoms with Crippen molar-refractivity contribution in [3.05, 3.63) is 65.9 Å². The molecule has 0 saturated carbocycles. The Labute approximate surface area is 175 Å². The first-order valence-corrected chi connectivity index (χ1v) is 10.7. The highest BCUT2D eigenvalue weighted by Gasteiger charge is 2.13. The first kappa shape index (κ1) is 21.3. The third kappa shape index (κ3) is 5.82. The molecule has 0 atom stereocenters. The topological polar surface area (TPSA) is 126 Å². The van der Waals surface area contributed by atoms with E-state index in [4.69, 9.17) is 0 Å². The molecule has 1 aromatic carbocycles. The average Bonchev–Trinajstić information content (AvgIpc) is 2.74. The molecule has 0 radical (unpaired) electrons. The maximum atomic E-state index is 12.3. The van der Waals surface area contributed by atoms with Crippen LogP contribution < -0.4 is 15.4 Å². The first-order valence-electron chi connectivity index (χ1n) is 9.21. The van der Waals surface area contributed by atoms with Crippen molar-refractivity contribution in [2.24, 2.45) is 0 Å². The van der Waals surface area contributed by atoms with Gasteiger partial charge in [-0.05, 0) is 49.7 Å². The van der Waals surface area contributed by atoms with Crippen LogP contribution in [0, 0.1) is 6.92 Å². The molecule has 3 N–H and O–H groups in total. The molecule has 0 amide bonds. The van der Waals surface area contributed by atoms with Crippen LogP contribution in [0.4, 0.5) is 17.5 Å². The fraction of sp³-hybridized carbons (Fsp3) is 0.200. The van der Waals surface area contributed by atoms with Crippen LogP contribution >= 0.6 is 0 Å². The number of benzene rings is 1. The molecule has 0 spiro atoms. The summed E-state index contributed by atoms with van der Waals surface area (Å²) in [7, 11) is -3.66. The summed E-state index contributed by atoms with van der Waals surface area (Å²) in [6, 6.07) is 13.1. The number of rotatable bonds is 9. The summed E-state index contributed by atoms with van der Waals surface area (Å²) in [5.41, 5.74) is 1.53. The van der Waals surface area contributed by atoms with Gasteiger partial charge in [0.15, 0.2) is 11.6 Å². The second-order valence-electron chi connectivity index (χ2n) is 6.55. The van der Waals surface area contributed by atoms with E-state index in [1.807, 2.05) is 19.1 Å². The fourth-order valence-electron chi connectivity index (χ4n) is 2.49. The van der Waals surface area contributed by atoms with Crippen molar-refractivity contribution in [1.82, 2.24) is 19.9 Å². The van der Waals surface area contributed by atoms with E-state index in [1.54, 1.807) is 18.3 Å². The maximum Gasteiger partial charge on any atom is 0.240 e. The Kier molecular flexibility index (Phi) is 6.70. The molecule has 9 nitrogen and oxygen atoms in total. The summed E-state index contributed by atoms with van der Waals surface area (Å²) in [6.45, 7) is 3.87. The molecular formula is C20H22N6O3S. The number of aryl methyl sites for hydroxylation is 1. The number of carbonyl (C=O) groups is 1. The van der Waals surface area contributed by atoms with Gasteiger partial charge in [-0.25, -0.2) is 18.1 Å². The molecule has 30 heavy (non-hydrogen) atoms. The number of Topliss-reactive ketones (excluding diaryl/α,β-unsaturated/α-hetero) is 1. The number of sulfonamides is 1. The Morgan fingerprint density at radius 3 is 2.17 bits per heavy atom. The largest absolute Gasteiger partial charge is 0.367 e. The number of carbonyl (C=O) groups excluding carboxylic acids is 1. The number of pyridine rings is 1. The molecule has 0 saturated heterocycles. The Bertz CT molecular complexity index is 1100. The standard InChI is InChI=1S/C20H22N6O3S/c1-14-3-8-18(22-13-14)24-20-10-9-19(25-26-20)21-11-12-23-30(28,29)17-6-4-16(5-7-17)15(2)27/h3-10,13,23H,11-12H2,1-2H3,(H,21,25)(H,22,24,26). The van der Waals surface area contributed by atoms with Crippen molar-refractivity contribution in [2.75, 3.05) is 23.7 Å². The van der Waals surface area contributed by atoms with Gasteiger partial charge in [0.05, 0.1) is 4.90 Å². The van der Waals surface area contributed by atoms with E-state index in [2.05, 4.69) is 30.5 Å². The predicted molar refractivity (Wildman–Crippen MR) is 114 cm³/mol. The lowest BCUT2D eigenvalue weighted by Crippen LogP contribution is -2.29. The summed E-state index contributed by atoms with van der Waals surface area (Å²) in [4.78, 5) is 15.6. The van der Waals surface area contributed by atoms with Crippen LogP contribution in [-0.4, -0.2) is 42.5 Å². The third-order valence-corrected chi connectivity index (χ3v) is 5.60. The smallest absolute Gasteiger partial charge is 0.240 e. The van der Waals surface area contributed by atoms with Gasteiger partial charge >= 0.3 is 0 Å². The average molecular weight is 427 g/mol. The van der Waals surface area contributed by atoms with Gasteiger partial charge in [0.2, 0.25) is 10.0 Å². The zero-order valence-electron chi connectivity index (χ0n) is 16.6. The molecule has 2 heterocycles. The molecule has 0 aliphatic heterocycles. The van der Waals surface area contributed by atoms with Crippen LogP contribution in [0.1, 0.15) is 22.8 Å². The third-order valence-electron chi connectivity index (χ3n) is 4.13. The fourth-order valence-corrected chi connectivity index (χ4v) is 3.53. The summed E-state index contributed by atoms with van der Waals surface area (Å²) < 4.78 is 27.1. The van der Waals surface area contributed by atoms with Gasteiger partial charge in [-0.2, -0.15) is 0 Å². The lowest BCUT2D eigenvalue weighted by atomic mass is 10.2. The zero-order chi connectivity index (χ0) is 21.6. The lowest BCUT2D eigenvalue weighted by molar-refractivity contribution is 0.101. The Morgan fingerprint density at radius 2 is 1.57 bits per heavy atom. The van der Waals surface area contributed by atoms with E-state index in [0.29, 0.717) is 29.6 Å². The predicted octanol–water partition coefficient (Wildman–Crippen LogP) is 2.52. The minimum atomic E-state index is -3.66. The van der Waals surface area contributed by atoms with E-state index >= 15 is 0 Å². The van der Waals surface area contributed by atoms with Crippen molar-refractivity contribution < 1.29 is 13.2 Å². The molecule has 0 fully saturated rings. The summed E-state index contributed by atoms with van der Waals surface area (Å²) in [6.07, 6.45) is 1.75. The highest BCUT2D eigenvalue weighted by atomic mass is 32.2. The molecular weight excluding hydrogens is 404 g/mol. The van der Waals surface area contributed by atoms with E-state index < -0.39 is 10.0 Å². The Morgan fingerprint density at radius 1 is 0.900 bits per heavy atom. The van der Waals surface area contributed by atoms with Gasteiger partial charge in [0, 0.05) is 24.8 Å². The minimum absolute atomic E-state index is 0.104. The molecule has 0 bridgehead atoms. The van der Waals surface area contributed by atoms with E-state index in [1.165, 1.54) is 31.2 Å². The number of aromatic nitrogens is 3. The summed E-state index contributed by atoms with van der Waals surface area (Å²) in [5, 5.41) is 14.2. The highest BCUT2D eigenvalue weighted by Crippen LogP contribution is 2.13. The van der Waals surface area contributed by atoms with E-state index in [9.17, 15) is 13.2 Å². The Balaban J connectivity index is 1.47. The summed E-state index contributed by atoms with van der Waals surface area (Å²) in [5.74, 6) is 1.61. The van der Waals surface area contributed by atoms with Crippen molar-refractivity contribution in [3.8, 4) is 0 Å². The minimum Gasteiger partial charge on any atom is -0.367 e. The van der Waals surface area contributed by atoms with Crippen LogP contribution in [0.2, 0.25) is 0 Å². The quantitative estimate of drug-likeness (QED) is 0.352. The van der Waals surface area contributed by atoms with Crippen molar-refractivity contribution in [1.29, 1.82) is 0 Å². The highest BCUT2D eigenvalue weighted by molar-refractivity contribution is 7.89. The van der Waals surface area contributed by atoms with Crippen LogP contribution in [0.15, 0.2) is 59.6 Å². The number of ketones is 1. The first-order chi connectivity index (χ1) is 14.3. The number of hydrogen-bond donors (Lipinski definition) is 3. The van der Waals surface area contributed by atoms with Crippen LogP contribution in [0.5, 0.6) is 0 Å². The second-order valence-corrected chi connectivity index (χ2v) is 8.32. The molecule has 2 aromatic heterocycles. The molecule has 3 rings (SSSR count). The van der Waals surface area contributed by atoms with Gasteiger partial charge in [-0.1, -0.05) is 18.2 Å². The van der Waals surface area contributed by atoms with E-state index in [0.717, 1.165) is 5.56 Å². The number of nitrogens with one attached hydrogen (secondary N) is 3. The molecule has 0 aliphatic carbocycles. The van der Waals surface area contributed by atoms with Gasteiger partial charge in [0.1, 0.15) is 11.6 Å². The molecule has 0 aliphatic rings. The van der Waals surface area contributed by atoms with Crippen LogP contribution in [-0.2, 0) is 10.0 Å². The monoisotopic (exact) mass is 426 g/mol. The van der Waals surface area contributed by atoms with Crippen molar-refractivity contribution >= 4 is 33.3 Å². The van der Waals surface area contributed by atoms with Crippen LogP contribution in [0.3, 0.4) is 0 Å². The van der Waals surface area contributed by atoms with Crippen molar-refractivity contribution in [3.63, 3.8) is 0 Å². The van der Waals surface area contributed by atoms with Gasteiger partial charge in [-0.3, -0.25) is 4.79 Å². The SMILES string of the molecule is CC(=O)c1ccc(S(=O)(=O)NCCNc2ccc(Nc3ccc(C)cn3)nn2)cc1.